The molecule has 8 heteroatoms. The third kappa shape index (κ3) is 4.04. The van der Waals surface area contributed by atoms with E-state index in [1.165, 1.54) is 6.33 Å². The molecule has 0 unspecified atom stereocenters. The Labute approximate surface area is 159 Å². The Morgan fingerprint density at radius 1 is 1.15 bits per heavy atom. The van der Waals surface area contributed by atoms with Gasteiger partial charge in [-0.2, -0.15) is 5.10 Å². The van der Waals surface area contributed by atoms with Gasteiger partial charge in [-0.3, -0.25) is 4.79 Å². The number of nitrogens with zero attached hydrogens (tertiary/aromatic N) is 4. The highest BCUT2D eigenvalue weighted by Gasteiger charge is 2.14. The second-order valence-electron chi connectivity index (χ2n) is 5.83. The van der Waals surface area contributed by atoms with Crippen LogP contribution in [0.5, 0.6) is 0 Å². The number of amides is 1. The molecule has 2 aromatic heterocycles. The number of carbonyl (C=O) groups is 1. The molecule has 2 heterocycles. The second kappa shape index (κ2) is 7.43. The van der Waals surface area contributed by atoms with Crippen molar-refractivity contribution in [2.24, 2.45) is 0 Å². The van der Waals surface area contributed by atoms with Crippen LogP contribution in [0.25, 0.3) is 11.3 Å². The molecule has 0 fully saturated rings. The van der Waals surface area contributed by atoms with Crippen LogP contribution in [0, 0.1) is 0 Å². The second-order valence-corrected chi connectivity index (χ2v) is 6.27. The first-order valence-corrected chi connectivity index (χ1v) is 8.50. The highest BCUT2D eigenvalue weighted by Crippen LogP contribution is 2.23. The smallest absolute Gasteiger partial charge is 0.277 e. The molecule has 0 aliphatic carbocycles. The van der Waals surface area contributed by atoms with Gasteiger partial charge in [-0.1, -0.05) is 41.0 Å². The molecular formula is C19H14ClN5O2. The molecule has 2 aromatic carbocycles. The minimum atomic E-state index is -0.351. The maximum absolute atomic E-state index is 12.4. The fourth-order valence-electron chi connectivity index (χ4n) is 2.55. The Morgan fingerprint density at radius 2 is 2.00 bits per heavy atom. The van der Waals surface area contributed by atoms with Gasteiger partial charge in [-0.25, -0.2) is 9.67 Å². The third-order valence-corrected chi connectivity index (χ3v) is 4.11. The molecule has 27 heavy (non-hydrogen) atoms. The van der Waals surface area contributed by atoms with E-state index in [2.05, 4.69) is 20.6 Å². The summed E-state index contributed by atoms with van der Waals surface area (Å²) in [5, 5.41) is 11.3. The van der Waals surface area contributed by atoms with Crippen LogP contribution in [0.2, 0.25) is 5.02 Å². The number of halogens is 1. The first-order chi connectivity index (χ1) is 13.2. The van der Waals surface area contributed by atoms with Gasteiger partial charge in [0.2, 0.25) is 0 Å². The van der Waals surface area contributed by atoms with Crippen LogP contribution in [0.1, 0.15) is 16.1 Å². The van der Waals surface area contributed by atoms with Gasteiger partial charge in [0.25, 0.3) is 5.91 Å². The van der Waals surface area contributed by atoms with Crippen molar-refractivity contribution < 1.29 is 9.32 Å². The number of nitrogens with one attached hydrogen (secondary N) is 1. The van der Waals surface area contributed by atoms with Crippen LogP contribution in [0.15, 0.2) is 71.8 Å². The molecule has 0 spiro atoms. The van der Waals surface area contributed by atoms with Gasteiger partial charge in [-0.05, 0) is 29.8 Å². The Morgan fingerprint density at radius 3 is 2.74 bits per heavy atom. The van der Waals surface area contributed by atoms with Crippen LogP contribution < -0.4 is 5.32 Å². The normalized spacial score (nSPS) is 10.7. The summed E-state index contributed by atoms with van der Waals surface area (Å²) in [7, 11) is 0. The minimum absolute atomic E-state index is 0.191. The average molecular weight is 380 g/mol. The SMILES string of the molecule is O=C(Nc1ccc(Cn2cncn2)cc1)c1cc(-c2cccc(Cl)c2)on1. The summed E-state index contributed by atoms with van der Waals surface area (Å²) in [5.74, 6) is 0.127. The van der Waals surface area contributed by atoms with Crippen molar-refractivity contribution in [1.29, 1.82) is 0 Å². The van der Waals surface area contributed by atoms with Crippen molar-refractivity contribution in [3.8, 4) is 11.3 Å². The van der Waals surface area contributed by atoms with Crippen molar-refractivity contribution in [3.05, 3.63) is 83.5 Å². The van der Waals surface area contributed by atoms with E-state index in [-0.39, 0.29) is 11.6 Å². The van der Waals surface area contributed by atoms with Gasteiger partial charge in [0, 0.05) is 22.3 Å². The number of anilines is 1. The van der Waals surface area contributed by atoms with Gasteiger partial charge < -0.3 is 9.84 Å². The van der Waals surface area contributed by atoms with Gasteiger partial charge in [0.1, 0.15) is 12.7 Å². The molecule has 0 radical (unpaired) electrons. The minimum Gasteiger partial charge on any atom is -0.355 e. The molecule has 1 N–H and O–H groups in total. The molecule has 0 atom stereocenters. The Bertz CT molecular complexity index is 1060. The lowest BCUT2D eigenvalue weighted by Crippen LogP contribution is -2.12. The van der Waals surface area contributed by atoms with Crippen molar-refractivity contribution in [2.75, 3.05) is 5.32 Å². The van der Waals surface area contributed by atoms with Crippen LogP contribution in [-0.4, -0.2) is 25.8 Å². The predicted octanol–water partition coefficient (Wildman–Crippen LogP) is 3.89. The Hall–Kier alpha value is -3.45. The number of hydrogen-bond donors (Lipinski definition) is 1. The van der Waals surface area contributed by atoms with E-state index in [0.717, 1.165) is 11.1 Å². The molecular weight excluding hydrogens is 366 g/mol. The van der Waals surface area contributed by atoms with Gasteiger partial charge in [0.15, 0.2) is 11.5 Å². The molecule has 4 rings (SSSR count). The summed E-state index contributed by atoms with van der Waals surface area (Å²) in [6, 6.07) is 16.2. The summed E-state index contributed by atoms with van der Waals surface area (Å²) in [5.41, 5.74) is 2.65. The standard InChI is InChI=1S/C19H14ClN5O2/c20-15-3-1-2-14(8-15)18-9-17(24-27-18)19(26)23-16-6-4-13(5-7-16)10-25-12-21-11-22-25/h1-9,11-12H,10H2,(H,23,26). The van der Waals surface area contributed by atoms with E-state index in [9.17, 15) is 4.79 Å². The maximum Gasteiger partial charge on any atom is 0.277 e. The number of carbonyl (C=O) groups excluding carboxylic acids is 1. The van der Waals surface area contributed by atoms with Crippen LogP contribution in [0.4, 0.5) is 5.69 Å². The Balaban J connectivity index is 1.43. The lowest BCUT2D eigenvalue weighted by atomic mass is 10.1. The highest BCUT2D eigenvalue weighted by molar-refractivity contribution is 6.30. The van der Waals surface area contributed by atoms with Gasteiger partial charge in [-0.15, -0.1) is 0 Å². The van der Waals surface area contributed by atoms with Crippen molar-refractivity contribution in [1.82, 2.24) is 19.9 Å². The van der Waals surface area contributed by atoms with Crippen molar-refractivity contribution in [3.63, 3.8) is 0 Å². The summed E-state index contributed by atoms with van der Waals surface area (Å²) in [6.07, 6.45) is 3.14. The molecule has 0 saturated heterocycles. The fraction of sp³-hybridized carbons (Fsp3) is 0.0526. The fourth-order valence-corrected chi connectivity index (χ4v) is 2.74. The maximum atomic E-state index is 12.4. The molecule has 134 valence electrons. The van der Waals surface area contributed by atoms with Gasteiger partial charge in [0.05, 0.1) is 6.54 Å². The molecule has 4 aromatic rings. The number of hydrogen-bond acceptors (Lipinski definition) is 5. The monoisotopic (exact) mass is 379 g/mol. The first-order valence-electron chi connectivity index (χ1n) is 8.13. The van der Waals surface area contributed by atoms with Crippen molar-refractivity contribution in [2.45, 2.75) is 6.54 Å². The van der Waals surface area contributed by atoms with E-state index in [1.807, 2.05) is 30.3 Å². The van der Waals surface area contributed by atoms with E-state index in [1.54, 1.807) is 35.3 Å². The largest absolute Gasteiger partial charge is 0.355 e. The molecule has 0 bridgehead atoms. The summed E-state index contributed by atoms with van der Waals surface area (Å²) in [4.78, 5) is 16.3. The zero-order valence-corrected chi connectivity index (χ0v) is 14.8. The number of aromatic nitrogens is 4. The first kappa shape index (κ1) is 17.0. The highest BCUT2D eigenvalue weighted by atomic mass is 35.5. The molecule has 0 aliphatic heterocycles. The van der Waals surface area contributed by atoms with E-state index in [0.29, 0.717) is 23.0 Å². The zero-order valence-electron chi connectivity index (χ0n) is 14.0. The number of benzene rings is 2. The predicted molar refractivity (Wildman–Crippen MR) is 100 cm³/mol. The van der Waals surface area contributed by atoms with Crippen LogP contribution in [-0.2, 0) is 6.54 Å². The van der Waals surface area contributed by atoms with E-state index in [4.69, 9.17) is 16.1 Å². The van der Waals surface area contributed by atoms with Crippen LogP contribution >= 0.6 is 11.6 Å². The van der Waals surface area contributed by atoms with E-state index < -0.39 is 0 Å². The molecule has 0 aliphatic rings. The molecule has 1 amide bonds. The summed E-state index contributed by atoms with van der Waals surface area (Å²) >= 11 is 5.98. The number of rotatable bonds is 5. The summed E-state index contributed by atoms with van der Waals surface area (Å²) in [6.45, 7) is 0.612. The lowest BCUT2D eigenvalue weighted by molar-refractivity contribution is 0.101. The molecule has 0 saturated carbocycles. The van der Waals surface area contributed by atoms with E-state index >= 15 is 0 Å². The lowest BCUT2D eigenvalue weighted by Gasteiger charge is -2.05. The average Bonchev–Trinajstić information content (AvgIpc) is 3.35. The topological polar surface area (TPSA) is 85.8 Å². The molecule has 7 nitrogen and oxygen atoms in total. The Kier molecular flexibility index (Phi) is 4.67. The third-order valence-electron chi connectivity index (χ3n) is 3.87. The summed E-state index contributed by atoms with van der Waals surface area (Å²) < 4.78 is 6.98. The zero-order chi connectivity index (χ0) is 18.6. The van der Waals surface area contributed by atoms with Crippen molar-refractivity contribution >= 4 is 23.2 Å². The van der Waals surface area contributed by atoms with Crippen LogP contribution in [0.3, 0.4) is 0 Å². The van der Waals surface area contributed by atoms with Gasteiger partial charge >= 0.3 is 0 Å². The quantitative estimate of drug-likeness (QED) is 0.568.